The second-order valence-corrected chi connectivity index (χ2v) is 5.93. The first-order valence-electron chi connectivity index (χ1n) is 8.12. The van der Waals surface area contributed by atoms with Crippen molar-refractivity contribution in [2.45, 2.75) is 13.8 Å². The molecule has 4 nitrogen and oxygen atoms in total. The van der Waals surface area contributed by atoms with Gasteiger partial charge in [-0.05, 0) is 55.8 Å². The lowest BCUT2D eigenvalue weighted by Gasteiger charge is -2.12. The quantitative estimate of drug-likeness (QED) is 0.334. The molecule has 26 heavy (non-hydrogen) atoms. The molecule has 0 aromatic heterocycles. The summed E-state index contributed by atoms with van der Waals surface area (Å²) in [6.45, 7) is 3.93. The van der Waals surface area contributed by atoms with E-state index in [1.165, 1.54) is 6.08 Å². The van der Waals surface area contributed by atoms with Crippen LogP contribution in [0.25, 0.3) is 5.70 Å². The molecule has 132 valence electrons. The Morgan fingerprint density at radius 1 is 1.15 bits per heavy atom. The van der Waals surface area contributed by atoms with Gasteiger partial charge in [0.2, 0.25) is 0 Å². The fourth-order valence-electron chi connectivity index (χ4n) is 2.16. The molecule has 0 amide bonds. The van der Waals surface area contributed by atoms with Crippen molar-refractivity contribution >= 4 is 29.0 Å². The van der Waals surface area contributed by atoms with Gasteiger partial charge in [0.05, 0.1) is 6.61 Å². The third kappa shape index (κ3) is 5.51. The Morgan fingerprint density at radius 3 is 2.38 bits per heavy atom. The average Bonchev–Trinajstić information content (AvgIpc) is 2.64. The van der Waals surface area contributed by atoms with Crippen LogP contribution >= 0.6 is 11.6 Å². The second-order valence-electron chi connectivity index (χ2n) is 5.49. The number of esters is 1. The fourth-order valence-corrected chi connectivity index (χ4v) is 2.28. The molecule has 1 N–H and O–H groups in total. The Kier molecular flexibility index (Phi) is 7.02. The van der Waals surface area contributed by atoms with E-state index in [9.17, 15) is 10.1 Å². The Balaban J connectivity index is 2.39. The average molecular weight is 367 g/mol. The maximum atomic E-state index is 11.8. The van der Waals surface area contributed by atoms with E-state index in [4.69, 9.17) is 16.3 Å². The molecule has 0 bridgehead atoms. The summed E-state index contributed by atoms with van der Waals surface area (Å²) in [4.78, 5) is 11.8. The summed E-state index contributed by atoms with van der Waals surface area (Å²) in [6.07, 6.45) is 3.13. The van der Waals surface area contributed by atoms with Crippen molar-refractivity contribution in [3.63, 3.8) is 0 Å². The fraction of sp³-hybridized carbons (Fsp3) is 0.143. The first-order chi connectivity index (χ1) is 12.5. The zero-order chi connectivity index (χ0) is 18.9. The molecule has 0 atom stereocenters. The topological polar surface area (TPSA) is 62.1 Å². The minimum absolute atomic E-state index is 0.0657. The second kappa shape index (κ2) is 9.45. The van der Waals surface area contributed by atoms with Crippen molar-refractivity contribution in [3.8, 4) is 6.07 Å². The molecular weight excluding hydrogens is 348 g/mol. The Labute approximate surface area is 158 Å². The van der Waals surface area contributed by atoms with E-state index >= 15 is 0 Å². The van der Waals surface area contributed by atoms with Gasteiger partial charge in [-0.1, -0.05) is 41.4 Å². The van der Waals surface area contributed by atoms with Gasteiger partial charge in [0.1, 0.15) is 11.6 Å². The minimum atomic E-state index is -0.642. The lowest BCUT2D eigenvalue weighted by Crippen LogP contribution is -2.06. The van der Waals surface area contributed by atoms with E-state index < -0.39 is 5.97 Å². The number of hydrogen-bond donors (Lipinski definition) is 1. The first kappa shape index (κ1) is 19.3. The van der Waals surface area contributed by atoms with Gasteiger partial charge < -0.3 is 10.1 Å². The zero-order valence-corrected chi connectivity index (χ0v) is 15.4. The van der Waals surface area contributed by atoms with Gasteiger partial charge in [-0.25, -0.2) is 4.79 Å². The van der Waals surface area contributed by atoms with Gasteiger partial charge >= 0.3 is 5.97 Å². The van der Waals surface area contributed by atoms with Crippen LogP contribution in [0.2, 0.25) is 5.02 Å². The molecule has 0 saturated heterocycles. The molecule has 0 radical (unpaired) electrons. The number of nitrogens with one attached hydrogen (secondary N) is 1. The van der Waals surface area contributed by atoms with E-state index in [1.54, 1.807) is 25.1 Å². The van der Waals surface area contributed by atoms with Crippen LogP contribution in [0.15, 0.2) is 66.3 Å². The third-order valence-electron chi connectivity index (χ3n) is 3.52. The van der Waals surface area contributed by atoms with Crippen molar-refractivity contribution in [1.82, 2.24) is 0 Å². The molecule has 2 aromatic rings. The highest BCUT2D eigenvalue weighted by atomic mass is 35.5. The van der Waals surface area contributed by atoms with Gasteiger partial charge in [0.15, 0.2) is 0 Å². The van der Waals surface area contributed by atoms with Crippen LogP contribution in [0.1, 0.15) is 18.1 Å². The minimum Gasteiger partial charge on any atom is -0.462 e. The number of anilines is 1. The number of nitrogens with zero attached hydrogens (tertiary/aromatic N) is 1. The Hall–Kier alpha value is -3.03. The number of hydrogen-bond acceptors (Lipinski definition) is 4. The number of rotatable bonds is 6. The number of ether oxygens (including phenoxy) is 1. The van der Waals surface area contributed by atoms with E-state index in [0.29, 0.717) is 5.02 Å². The van der Waals surface area contributed by atoms with Crippen LogP contribution in [-0.4, -0.2) is 12.6 Å². The summed E-state index contributed by atoms with van der Waals surface area (Å²) in [5.74, 6) is -0.642. The monoisotopic (exact) mass is 366 g/mol. The molecule has 0 aliphatic carbocycles. The van der Waals surface area contributed by atoms with Crippen molar-refractivity contribution in [1.29, 1.82) is 5.26 Å². The zero-order valence-electron chi connectivity index (χ0n) is 14.6. The maximum absolute atomic E-state index is 11.8. The van der Waals surface area contributed by atoms with Gasteiger partial charge in [0.25, 0.3) is 0 Å². The molecule has 0 aliphatic rings. The normalized spacial score (nSPS) is 11.6. The lowest BCUT2D eigenvalue weighted by atomic mass is 10.1. The van der Waals surface area contributed by atoms with Crippen LogP contribution in [-0.2, 0) is 9.53 Å². The summed E-state index contributed by atoms with van der Waals surface area (Å²) in [5.41, 5.74) is 3.57. The molecule has 0 aliphatic heterocycles. The number of aryl methyl sites for hydroxylation is 1. The van der Waals surface area contributed by atoms with Crippen molar-refractivity contribution in [3.05, 3.63) is 82.4 Å². The highest BCUT2D eigenvalue weighted by Gasteiger charge is 2.09. The van der Waals surface area contributed by atoms with Gasteiger partial charge in [0, 0.05) is 16.4 Å². The molecule has 0 unspecified atom stereocenters. The van der Waals surface area contributed by atoms with E-state index in [0.717, 1.165) is 22.5 Å². The summed E-state index contributed by atoms with van der Waals surface area (Å²) >= 11 is 5.96. The van der Waals surface area contributed by atoms with Crippen LogP contribution in [0.5, 0.6) is 0 Å². The van der Waals surface area contributed by atoms with Crippen molar-refractivity contribution < 1.29 is 9.53 Å². The molecule has 0 spiro atoms. The summed E-state index contributed by atoms with van der Waals surface area (Å²) < 4.78 is 4.88. The van der Waals surface area contributed by atoms with E-state index in [2.05, 4.69) is 5.32 Å². The van der Waals surface area contributed by atoms with Crippen LogP contribution in [0.4, 0.5) is 5.69 Å². The third-order valence-corrected chi connectivity index (χ3v) is 3.77. The molecule has 0 heterocycles. The smallest absolute Gasteiger partial charge is 0.348 e. The first-order valence-corrected chi connectivity index (χ1v) is 8.50. The van der Waals surface area contributed by atoms with E-state index in [-0.39, 0.29) is 12.2 Å². The molecule has 0 saturated carbocycles. The molecule has 2 aromatic carbocycles. The number of nitriles is 1. The highest BCUT2D eigenvalue weighted by molar-refractivity contribution is 6.30. The van der Waals surface area contributed by atoms with Gasteiger partial charge in [-0.3, -0.25) is 0 Å². The van der Waals surface area contributed by atoms with Crippen molar-refractivity contribution in [2.24, 2.45) is 0 Å². The van der Waals surface area contributed by atoms with Gasteiger partial charge in [-0.2, -0.15) is 5.26 Å². The number of halogens is 1. The number of carbonyl (C=O) groups excluding carboxylic acids is 1. The van der Waals surface area contributed by atoms with E-state index in [1.807, 2.05) is 49.4 Å². The predicted molar refractivity (Wildman–Crippen MR) is 105 cm³/mol. The maximum Gasteiger partial charge on any atom is 0.348 e. The highest BCUT2D eigenvalue weighted by Crippen LogP contribution is 2.21. The van der Waals surface area contributed by atoms with Crippen LogP contribution in [0, 0.1) is 18.3 Å². The summed E-state index contributed by atoms with van der Waals surface area (Å²) in [7, 11) is 0. The number of carbonyl (C=O) groups is 1. The largest absolute Gasteiger partial charge is 0.462 e. The lowest BCUT2D eigenvalue weighted by molar-refractivity contribution is -0.138. The number of allylic oxidation sites excluding steroid dienone is 2. The molecular formula is C21H19ClN2O2. The SMILES string of the molecule is CCOC(=O)/C(C#N)=C/C=C(\Nc1ccc(C)cc1)c1ccc(Cl)cc1. The Bertz CT molecular complexity index is 860. The number of benzene rings is 2. The van der Waals surface area contributed by atoms with Crippen molar-refractivity contribution in [2.75, 3.05) is 11.9 Å². The Morgan fingerprint density at radius 2 is 1.81 bits per heavy atom. The standard InChI is InChI=1S/C21H19ClN2O2/c1-3-26-21(25)17(14-23)8-13-20(16-6-9-18(22)10-7-16)24-19-11-4-15(2)5-12-19/h4-13,24H,3H2,1-2H3/b17-8+,20-13-. The molecule has 2 rings (SSSR count). The molecule has 0 fully saturated rings. The van der Waals surface area contributed by atoms with Crippen LogP contribution in [0.3, 0.4) is 0 Å². The van der Waals surface area contributed by atoms with Crippen LogP contribution < -0.4 is 5.32 Å². The molecule has 5 heteroatoms. The summed E-state index contributed by atoms with van der Waals surface area (Å²) in [5, 5.41) is 13.1. The summed E-state index contributed by atoms with van der Waals surface area (Å²) in [6, 6.07) is 17.1. The van der Waals surface area contributed by atoms with Gasteiger partial charge in [-0.15, -0.1) is 0 Å². The predicted octanol–water partition coefficient (Wildman–Crippen LogP) is 5.11.